The zero-order chi connectivity index (χ0) is 26.6. The van der Waals surface area contributed by atoms with E-state index in [0.717, 1.165) is 39.8 Å². The van der Waals surface area contributed by atoms with Crippen LogP contribution >= 0.6 is 24.0 Å². The van der Waals surface area contributed by atoms with Gasteiger partial charge in [-0.3, -0.25) is 9.47 Å². The van der Waals surface area contributed by atoms with Crippen molar-refractivity contribution in [3.05, 3.63) is 99.7 Å². The minimum atomic E-state index is -0.391. The number of pyridine rings is 1. The monoisotopic (exact) mass is 565 g/mol. The molecule has 1 aliphatic rings. The molecule has 0 radical (unpaired) electrons. The topological polar surface area (TPSA) is 83.2 Å². The number of methoxy groups -OCH3 is 1. The Labute approximate surface area is 236 Å². The lowest BCUT2D eigenvalue weighted by Crippen LogP contribution is -2.34. The van der Waals surface area contributed by atoms with Gasteiger partial charge < -0.3 is 10.1 Å². The Morgan fingerprint density at radius 3 is 2.87 bits per heavy atom. The number of hydrogen-bond donors (Lipinski definition) is 1. The summed E-state index contributed by atoms with van der Waals surface area (Å²) in [6.45, 7) is 2.42. The third kappa shape index (κ3) is 6.07. The van der Waals surface area contributed by atoms with Crippen molar-refractivity contribution in [1.82, 2.24) is 19.8 Å². The number of nitrogens with one attached hydrogen (secondary N) is 1. The van der Waals surface area contributed by atoms with E-state index in [1.165, 1.54) is 13.2 Å². The Kier molecular flexibility index (Phi) is 8.87. The Morgan fingerprint density at radius 1 is 1.26 bits per heavy atom. The number of hydrogen-bond acceptors (Lipinski definition) is 5. The number of amides is 1. The Balaban J connectivity index is 0.00000353. The average molecular weight is 566 g/mol. The molecule has 1 N–H and O–H groups in total. The second-order valence-corrected chi connectivity index (χ2v) is 9.42. The van der Waals surface area contributed by atoms with Crippen LogP contribution in [0.5, 0.6) is 5.75 Å². The molecule has 0 atom stereocenters. The largest absolute Gasteiger partial charge is 0.494 e. The lowest BCUT2D eigenvalue weighted by Gasteiger charge is -2.27. The molecule has 0 unspecified atom stereocenters. The lowest BCUT2D eigenvalue weighted by molar-refractivity contribution is 0.240. The van der Waals surface area contributed by atoms with Crippen molar-refractivity contribution in [1.29, 1.82) is 5.26 Å². The van der Waals surface area contributed by atoms with Crippen molar-refractivity contribution in [2.45, 2.75) is 19.5 Å². The first kappa shape index (κ1) is 28.1. The van der Waals surface area contributed by atoms with E-state index in [2.05, 4.69) is 21.3 Å². The van der Waals surface area contributed by atoms with Crippen molar-refractivity contribution in [3.63, 3.8) is 0 Å². The summed E-state index contributed by atoms with van der Waals surface area (Å²) in [5.41, 5.74) is 4.94. The van der Waals surface area contributed by atoms with Gasteiger partial charge in [0.2, 0.25) is 0 Å². The molecule has 7 nitrogen and oxygen atoms in total. The van der Waals surface area contributed by atoms with Crippen LogP contribution in [-0.4, -0.2) is 40.7 Å². The molecule has 0 fully saturated rings. The number of rotatable bonds is 6. The minimum Gasteiger partial charge on any atom is -0.494 e. The first-order valence-corrected chi connectivity index (χ1v) is 12.5. The molecule has 5 rings (SSSR count). The van der Waals surface area contributed by atoms with E-state index >= 15 is 0 Å². The van der Waals surface area contributed by atoms with Gasteiger partial charge in [0.25, 0.3) is 0 Å². The summed E-state index contributed by atoms with van der Waals surface area (Å²) in [7, 11) is 1.45. The highest BCUT2D eigenvalue weighted by molar-refractivity contribution is 6.29. The first-order valence-electron chi connectivity index (χ1n) is 12.1. The van der Waals surface area contributed by atoms with Crippen molar-refractivity contribution in [3.8, 4) is 11.8 Å². The summed E-state index contributed by atoms with van der Waals surface area (Å²) >= 11 is 5.98. The van der Waals surface area contributed by atoms with E-state index in [4.69, 9.17) is 16.3 Å². The van der Waals surface area contributed by atoms with E-state index in [0.29, 0.717) is 36.8 Å². The molecule has 39 heavy (non-hydrogen) atoms. The van der Waals surface area contributed by atoms with Gasteiger partial charge in [0.1, 0.15) is 5.15 Å². The molecule has 0 aliphatic carbocycles. The standard InChI is InChI=1S/C29H25ClFN5O2.ClH/c1-38-27-14-19(5-7-24(27)31)3-2-11-35-12-9-25-23(18-35)22-6-4-20(16-32)13-26(22)36(25)29(37)34-17-21-8-10-33-28(30)15-21;/h2-8,10,13-15H,9,11-12,17-18H2,1H3,(H,34,37);1H/b3-2+;. The Bertz CT molecular complexity index is 1590. The van der Waals surface area contributed by atoms with Crippen molar-refractivity contribution in [2.75, 3.05) is 20.2 Å². The molecule has 1 aliphatic heterocycles. The number of aromatic nitrogens is 2. The molecule has 1 amide bonds. The molecule has 10 heteroatoms. The highest BCUT2D eigenvalue weighted by Crippen LogP contribution is 2.32. The molecule has 200 valence electrons. The minimum absolute atomic E-state index is 0. The van der Waals surface area contributed by atoms with Gasteiger partial charge in [0.15, 0.2) is 11.6 Å². The third-order valence-corrected chi connectivity index (χ3v) is 6.85. The van der Waals surface area contributed by atoms with Gasteiger partial charge in [0.05, 0.1) is 24.3 Å². The Morgan fingerprint density at radius 2 is 2.10 bits per heavy atom. The number of benzene rings is 2. The van der Waals surface area contributed by atoms with E-state index < -0.39 is 5.82 Å². The van der Waals surface area contributed by atoms with Gasteiger partial charge in [-0.1, -0.05) is 35.9 Å². The highest BCUT2D eigenvalue weighted by atomic mass is 35.5. The maximum absolute atomic E-state index is 13.7. The quantitative estimate of drug-likeness (QED) is 0.291. The van der Waals surface area contributed by atoms with Crippen molar-refractivity contribution >= 4 is 47.0 Å². The van der Waals surface area contributed by atoms with Crippen LogP contribution in [0.15, 0.2) is 60.8 Å². The van der Waals surface area contributed by atoms with E-state index in [9.17, 15) is 14.4 Å². The van der Waals surface area contributed by atoms with E-state index in [-0.39, 0.29) is 24.2 Å². The van der Waals surface area contributed by atoms with Gasteiger partial charge in [-0.15, -0.1) is 12.4 Å². The van der Waals surface area contributed by atoms with E-state index in [1.807, 2.05) is 18.2 Å². The van der Waals surface area contributed by atoms with Crippen LogP contribution in [0.3, 0.4) is 0 Å². The first-order chi connectivity index (χ1) is 18.5. The molecule has 2 aromatic carbocycles. The smallest absolute Gasteiger partial charge is 0.326 e. The van der Waals surface area contributed by atoms with Gasteiger partial charge in [-0.05, 0) is 53.1 Å². The van der Waals surface area contributed by atoms with Crippen molar-refractivity contribution < 1.29 is 13.9 Å². The molecule has 2 aromatic heterocycles. The summed E-state index contributed by atoms with van der Waals surface area (Å²) in [6, 6.07) is 15.7. The van der Waals surface area contributed by atoms with Gasteiger partial charge in [-0.2, -0.15) is 5.26 Å². The summed E-state index contributed by atoms with van der Waals surface area (Å²) in [6.07, 6.45) is 6.26. The van der Waals surface area contributed by atoms with Gasteiger partial charge >= 0.3 is 6.03 Å². The van der Waals surface area contributed by atoms with Gasteiger partial charge in [0, 0.05) is 49.9 Å². The highest BCUT2D eigenvalue weighted by Gasteiger charge is 2.26. The van der Waals surface area contributed by atoms with Gasteiger partial charge in [-0.25, -0.2) is 14.2 Å². The molecular weight excluding hydrogens is 540 g/mol. The van der Waals surface area contributed by atoms with Crippen LogP contribution in [0.25, 0.3) is 17.0 Å². The summed E-state index contributed by atoms with van der Waals surface area (Å²) in [5.74, 6) is -0.178. The number of nitrogens with zero attached hydrogens (tertiary/aromatic N) is 4. The zero-order valence-corrected chi connectivity index (χ0v) is 22.7. The second-order valence-electron chi connectivity index (χ2n) is 9.03. The molecule has 0 bridgehead atoms. The molecule has 4 aromatic rings. The maximum Gasteiger partial charge on any atom is 0.326 e. The third-order valence-electron chi connectivity index (χ3n) is 6.64. The fraction of sp³-hybridized carbons (Fsp3) is 0.207. The zero-order valence-electron chi connectivity index (χ0n) is 21.2. The molecule has 3 heterocycles. The fourth-order valence-corrected chi connectivity index (χ4v) is 4.99. The normalized spacial score (nSPS) is 13.1. The van der Waals surface area contributed by atoms with E-state index in [1.54, 1.807) is 47.2 Å². The van der Waals surface area contributed by atoms with Crippen LogP contribution < -0.4 is 10.1 Å². The second kappa shape index (κ2) is 12.3. The Hall–Kier alpha value is -3.90. The van der Waals surface area contributed by atoms with Crippen LogP contribution in [0.1, 0.15) is 27.9 Å². The number of fused-ring (bicyclic) bond motifs is 3. The number of nitriles is 1. The van der Waals surface area contributed by atoms with Crippen LogP contribution in [0.2, 0.25) is 5.15 Å². The maximum atomic E-state index is 13.7. The predicted octanol–water partition coefficient (Wildman–Crippen LogP) is 5.96. The summed E-state index contributed by atoms with van der Waals surface area (Å²) in [5, 5.41) is 13.8. The SMILES string of the molecule is COc1cc(/C=C/CN2CCc3c(c4ccc(C#N)cc4n3C(=O)NCc3ccnc(Cl)c3)C2)ccc1F.Cl. The van der Waals surface area contributed by atoms with Crippen molar-refractivity contribution in [2.24, 2.45) is 0 Å². The van der Waals surface area contributed by atoms with Crippen LogP contribution in [-0.2, 0) is 19.5 Å². The number of carbonyl (C=O) groups is 1. The number of carbonyl (C=O) groups excluding carboxylic acids is 1. The molecule has 0 saturated heterocycles. The molecule has 0 spiro atoms. The van der Waals surface area contributed by atoms with Crippen LogP contribution in [0.4, 0.5) is 9.18 Å². The molecule has 0 saturated carbocycles. The predicted molar refractivity (Wildman–Crippen MR) is 152 cm³/mol. The fourth-order valence-electron chi connectivity index (χ4n) is 4.80. The number of halogens is 3. The summed E-state index contributed by atoms with van der Waals surface area (Å²) in [4.78, 5) is 19.7. The van der Waals surface area contributed by atoms with Crippen LogP contribution in [0, 0.1) is 17.1 Å². The number of ether oxygens (including phenoxy) is 1. The average Bonchev–Trinajstić information content (AvgIpc) is 3.25. The molecular formula is C29H26Cl2FN5O2. The lowest BCUT2D eigenvalue weighted by atomic mass is 10.0. The summed E-state index contributed by atoms with van der Waals surface area (Å²) < 4.78 is 20.5.